The first-order valence-corrected chi connectivity index (χ1v) is 9.37. The number of thiocarbonyl (C=S) groups is 1. The molecule has 3 rings (SSSR count). The molecule has 4 nitrogen and oxygen atoms in total. The molecular weight excluding hydrogens is 430 g/mol. The van der Waals surface area contributed by atoms with Crippen molar-refractivity contribution in [3.05, 3.63) is 74.6 Å². The summed E-state index contributed by atoms with van der Waals surface area (Å²) in [5.41, 5.74) is 2.40. The van der Waals surface area contributed by atoms with Gasteiger partial charge in [0.1, 0.15) is 5.82 Å². The van der Waals surface area contributed by atoms with Crippen molar-refractivity contribution in [2.45, 2.75) is 13.5 Å². The second kappa shape index (κ2) is 8.44. The maximum Gasteiger partial charge on any atom is 0.176 e. The van der Waals surface area contributed by atoms with Crippen LogP contribution >= 0.6 is 47.0 Å². The molecule has 0 saturated carbocycles. The monoisotopic (exact) mass is 442 g/mol. The molecule has 0 saturated heterocycles. The van der Waals surface area contributed by atoms with Crippen LogP contribution in [0.15, 0.2) is 42.5 Å². The Hall–Kier alpha value is -1.86. The van der Waals surface area contributed by atoms with Crippen molar-refractivity contribution in [1.82, 2.24) is 9.78 Å². The molecule has 0 spiro atoms. The standard InChI is InChI=1S/C18H14Cl3FN4S/c1-10-6-17(24-18(27)23-13-4-5-16(22)15(21)8-13)25-26(10)9-11-2-3-12(19)7-14(11)20/h2-8H,9H2,1H3,(H2,23,24,25,27). The number of aryl methyl sites for hydroxylation is 1. The van der Waals surface area contributed by atoms with Crippen molar-refractivity contribution in [2.24, 2.45) is 0 Å². The summed E-state index contributed by atoms with van der Waals surface area (Å²) in [6.07, 6.45) is 0. The number of benzene rings is 2. The fourth-order valence-electron chi connectivity index (χ4n) is 2.40. The number of nitrogens with one attached hydrogen (secondary N) is 2. The lowest BCUT2D eigenvalue weighted by Gasteiger charge is -2.09. The predicted octanol–water partition coefficient (Wildman–Crippen LogP) is 6.15. The molecule has 0 unspecified atom stereocenters. The molecule has 140 valence electrons. The molecule has 0 fully saturated rings. The van der Waals surface area contributed by atoms with Crippen molar-refractivity contribution >= 4 is 63.6 Å². The van der Waals surface area contributed by atoms with Gasteiger partial charge in [-0.3, -0.25) is 4.68 Å². The van der Waals surface area contributed by atoms with Crippen molar-refractivity contribution < 1.29 is 4.39 Å². The molecule has 2 aromatic carbocycles. The molecule has 1 aromatic heterocycles. The quantitative estimate of drug-likeness (QED) is 0.475. The molecule has 2 N–H and O–H groups in total. The zero-order chi connectivity index (χ0) is 19.6. The molecule has 3 aromatic rings. The topological polar surface area (TPSA) is 41.9 Å². The average Bonchev–Trinajstić information content (AvgIpc) is 2.92. The van der Waals surface area contributed by atoms with Gasteiger partial charge in [-0.2, -0.15) is 5.10 Å². The molecule has 0 bridgehead atoms. The van der Waals surface area contributed by atoms with E-state index in [0.717, 1.165) is 11.3 Å². The van der Waals surface area contributed by atoms with E-state index in [1.54, 1.807) is 22.9 Å². The number of rotatable bonds is 4. The van der Waals surface area contributed by atoms with Crippen LogP contribution in [0, 0.1) is 12.7 Å². The molecule has 0 amide bonds. The molecule has 1 heterocycles. The Balaban J connectivity index is 1.68. The Kier molecular flexibility index (Phi) is 6.22. The molecule has 0 aliphatic rings. The van der Waals surface area contributed by atoms with Crippen LogP contribution in [0.25, 0.3) is 0 Å². The van der Waals surface area contributed by atoms with Gasteiger partial charge in [0.25, 0.3) is 0 Å². The minimum absolute atomic E-state index is 0.0164. The number of hydrogen-bond acceptors (Lipinski definition) is 2. The summed E-state index contributed by atoms with van der Waals surface area (Å²) >= 11 is 23.2. The van der Waals surface area contributed by atoms with Crippen molar-refractivity contribution in [1.29, 1.82) is 0 Å². The second-order valence-electron chi connectivity index (χ2n) is 5.77. The Labute approximate surface area is 176 Å². The van der Waals surface area contributed by atoms with Crippen molar-refractivity contribution in [3.63, 3.8) is 0 Å². The predicted molar refractivity (Wildman–Crippen MR) is 114 cm³/mol. The molecule has 27 heavy (non-hydrogen) atoms. The minimum Gasteiger partial charge on any atom is -0.332 e. The largest absolute Gasteiger partial charge is 0.332 e. The van der Waals surface area contributed by atoms with Gasteiger partial charge < -0.3 is 10.6 Å². The van der Waals surface area contributed by atoms with Gasteiger partial charge in [-0.25, -0.2) is 4.39 Å². The van der Waals surface area contributed by atoms with E-state index in [9.17, 15) is 4.39 Å². The number of anilines is 2. The third-order valence-corrected chi connectivity index (χ3v) is 4.82. The van der Waals surface area contributed by atoms with E-state index in [4.69, 9.17) is 47.0 Å². The van der Waals surface area contributed by atoms with Crippen molar-refractivity contribution in [2.75, 3.05) is 10.6 Å². The lowest BCUT2D eigenvalue weighted by Crippen LogP contribution is -2.19. The van der Waals surface area contributed by atoms with E-state index < -0.39 is 5.82 Å². The maximum atomic E-state index is 13.2. The molecule has 0 radical (unpaired) electrons. The summed E-state index contributed by atoms with van der Waals surface area (Å²) < 4.78 is 15.0. The van der Waals surface area contributed by atoms with Crippen LogP contribution in [0.2, 0.25) is 15.1 Å². The third kappa shape index (κ3) is 5.11. The average molecular weight is 444 g/mol. The maximum absolute atomic E-state index is 13.2. The van der Waals surface area contributed by atoms with E-state index in [-0.39, 0.29) is 5.02 Å². The minimum atomic E-state index is -0.490. The summed E-state index contributed by atoms with van der Waals surface area (Å²) in [4.78, 5) is 0. The highest BCUT2D eigenvalue weighted by molar-refractivity contribution is 7.80. The summed E-state index contributed by atoms with van der Waals surface area (Å²) in [7, 11) is 0. The Morgan fingerprint density at radius 1 is 1.07 bits per heavy atom. The van der Waals surface area contributed by atoms with E-state index in [1.807, 2.05) is 19.1 Å². The zero-order valence-electron chi connectivity index (χ0n) is 14.1. The third-order valence-electron chi connectivity index (χ3n) is 3.74. The first kappa shape index (κ1) is 19.9. The zero-order valence-corrected chi connectivity index (χ0v) is 17.1. The molecular formula is C18H14Cl3FN4S. The smallest absolute Gasteiger partial charge is 0.176 e. The number of hydrogen-bond donors (Lipinski definition) is 2. The van der Waals surface area contributed by atoms with Gasteiger partial charge in [0, 0.05) is 27.5 Å². The van der Waals surface area contributed by atoms with E-state index in [0.29, 0.717) is 33.2 Å². The number of nitrogens with zero attached hydrogens (tertiary/aromatic N) is 2. The summed E-state index contributed by atoms with van der Waals surface area (Å²) in [6, 6.07) is 11.5. The fourth-order valence-corrected chi connectivity index (χ4v) is 3.27. The Morgan fingerprint density at radius 2 is 1.85 bits per heavy atom. The Bertz CT molecular complexity index is 1010. The molecule has 0 aliphatic heterocycles. The van der Waals surface area contributed by atoms with Gasteiger partial charge in [-0.1, -0.05) is 40.9 Å². The highest BCUT2D eigenvalue weighted by atomic mass is 35.5. The van der Waals surface area contributed by atoms with Gasteiger partial charge in [0.15, 0.2) is 10.9 Å². The number of aromatic nitrogens is 2. The van der Waals surface area contributed by atoms with Gasteiger partial charge in [0.05, 0.1) is 11.6 Å². The van der Waals surface area contributed by atoms with Gasteiger partial charge in [-0.05, 0) is 55.0 Å². The van der Waals surface area contributed by atoms with Crippen LogP contribution in [-0.2, 0) is 6.54 Å². The van der Waals surface area contributed by atoms with E-state index >= 15 is 0 Å². The van der Waals surface area contributed by atoms with Gasteiger partial charge in [-0.15, -0.1) is 0 Å². The van der Waals surface area contributed by atoms with Gasteiger partial charge in [0.2, 0.25) is 0 Å². The Morgan fingerprint density at radius 3 is 2.56 bits per heavy atom. The SMILES string of the molecule is Cc1cc(NC(=S)Nc2ccc(F)c(Cl)c2)nn1Cc1ccc(Cl)cc1Cl. The summed E-state index contributed by atoms with van der Waals surface area (Å²) in [6.45, 7) is 2.43. The summed E-state index contributed by atoms with van der Waals surface area (Å²) in [5, 5.41) is 11.9. The van der Waals surface area contributed by atoms with Crippen molar-refractivity contribution in [3.8, 4) is 0 Å². The van der Waals surface area contributed by atoms with Crippen LogP contribution < -0.4 is 10.6 Å². The highest BCUT2D eigenvalue weighted by Crippen LogP contribution is 2.23. The molecule has 0 aliphatic carbocycles. The van der Waals surface area contributed by atoms with Crippen LogP contribution in [0.5, 0.6) is 0 Å². The first-order valence-electron chi connectivity index (χ1n) is 7.83. The highest BCUT2D eigenvalue weighted by Gasteiger charge is 2.09. The van der Waals surface area contributed by atoms with Crippen LogP contribution in [-0.4, -0.2) is 14.9 Å². The van der Waals surface area contributed by atoms with E-state index in [1.165, 1.54) is 12.1 Å². The first-order chi connectivity index (χ1) is 12.8. The number of halogens is 4. The molecule has 0 atom stereocenters. The lowest BCUT2D eigenvalue weighted by molar-refractivity contribution is 0.628. The van der Waals surface area contributed by atoms with Crippen LogP contribution in [0.3, 0.4) is 0 Å². The van der Waals surface area contributed by atoms with Crippen LogP contribution in [0.1, 0.15) is 11.3 Å². The lowest BCUT2D eigenvalue weighted by atomic mass is 10.2. The summed E-state index contributed by atoms with van der Waals surface area (Å²) in [5.74, 6) is 0.0830. The van der Waals surface area contributed by atoms with Crippen LogP contribution in [0.4, 0.5) is 15.9 Å². The van der Waals surface area contributed by atoms with Gasteiger partial charge >= 0.3 is 0 Å². The second-order valence-corrected chi connectivity index (χ2v) is 7.43. The molecule has 9 heteroatoms. The normalized spacial score (nSPS) is 10.7. The van der Waals surface area contributed by atoms with E-state index in [2.05, 4.69) is 15.7 Å². The fraction of sp³-hybridized carbons (Fsp3) is 0.111.